The minimum Gasteiger partial charge on any atom is -0.478 e. The molecule has 1 heterocycles. The van der Waals surface area contributed by atoms with Gasteiger partial charge in [-0.3, -0.25) is 0 Å². The number of nitrogens with two attached hydrogens (primary N) is 1. The van der Waals surface area contributed by atoms with Gasteiger partial charge in [0.15, 0.2) is 0 Å². The van der Waals surface area contributed by atoms with Crippen molar-refractivity contribution in [3.8, 4) is 11.6 Å². The number of nitrogen functional groups attached to an aromatic ring is 1. The number of benzene rings is 1. The number of carbonyl (C=O) groups is 1. The zero-order chi connectivity index (χ0) is 15.6. The van der Waals surface area contributed by atoms with Gasteiger partial charge in [-0.2, -0.15) is 0 Å². The van der Waals surface area contributed by atoms with Crippen LogP contribution in [0.2, 0.25) is 0 Å². The van der Waals surface area contributed by atoms with E-state index in [1.807, 2.05) is 18.2 Å². The van der Waals surface area contributed by atoms with Crippen molar-refractivity contribution in [2.45, 2.75) is 26.2 Å². The van der Waals surface area contributed by atoms with Gasteiger partial charge in [-0.1, -0.05) is 32.9 Å². The summed E-state index contributed by atoms with van der Waals surface area (Å²) in [5.74, 6) is -0.299. The maximum atomic E-state index is 11.0. The molecule has 0 saturated heterocycles. The Labute approximate surface area is 123 Å². The molecule has 0 aliphatic heterocycles. The first kappa shape index (κ1) is 14.8. The quantitative estimate of drug-likeness (QED) is 0.902. The number of ether oxygens (including phenoxy) is 1. The fourth-order valence-electron chi connectivity index (χ4n) is 1.83. The molecular weight excluding hydrogens is 268 g/mol. The van der Waals surface area contributed by atoms with Gasteiger partial charge in [-0.15, -0.1) is 0 Å². The molecule has 0 amide bonds. The van der Waals surface area contributed by atoms with E-state index < -0.39 is 5.97 Å². The van der Waals surface area contributed by atoms with Gasteiger partial charge in [0, 0.05) is 6.07 Å². The topological polar surface area (TPSA) is 85.4 Å². The molecule has 0 atom stereocenters. The van der Waals surface area contributed by atoms with E-state index in [4.69, 9.17) is 15.6 Å². The van der Waals surface area contributed by atoms with Crippen LogP contribution in [-0.4, -0.2) is 16.1 Å². The predicted molar refractivity (Wildman–Crippen MR) is 80.8 cm³/mol. The van der Waals surface area contributed by atoms with E-state index in [-0.39, 0.29) is 22.5 Å². The SMILES string of the molecule is CC(C)(C)c1cccc(Oc2cc(C(=O)O)c(N)cn2)c1. The summed E-state index contributed by atoms with van der Waals surface area (Å²) in [5, 5.41) is 9.04. The summed E-state index contributed by atoms with van der Waals surface area (Å²) in [6, 6.07) is 8.95. The van der Waals surface area contributed by atoms with Gasteiger partial charge in [0.1, 0.15) is 5.75 Å². The first-order chi connectivity index (χ1) is 9.77. The van der Waals surface area contributed by atoms with Crippen LogP contribution >= 0.6 is 0 Å². The molecular formula is C16H18N2O3. The van der Waals surface area contributed by atoms with Crippen LogP contribution in [0.25, 0.3) is 0 Å². The number of anilines is 1. The fourth-order valence-corrected chi connectivity index (χ4v) is 1.83. The second-order valence-electron chi connectivity index (χ2n) is 5.79. The molecule has 0 aliphatic carbocycles. The summed E-state index contributed by atoms with van der Waals surface area (Å²) >= 11 is 0. The second-order valence-corrected chi connectivity index (χ2v) is 5.79. The third kappa shape index (κ3) is 3.51. The lowest BCUT2D eigenvalue weighted by atomic mass is 9.87. The number of carboxylic acids is 1. The second kappa shape index (κ2) is 5.44. The van der Waals surface area contributed by atoms with Crippen molar-refractivity contribution in [1.82, 2.24) is 4.98 Å². The standard InChI is InChI=1S/C16H18N2O3/c1-16(2,3)10-5-4-6-11(7-10)21-14-8-12(15(19)20)13(17)9-18-14/h4-9H,17H2,1-3H3,(H,19,20). The number of aromatic carboxylic acids is 1. The Bertz CT molecular complexity index is 675. The van der Waals surface area contributed by atoms with Crippen molar-refractivity contribution in [2.75, 3.05) is 5.73 Å². The van der Waals surface area contributed by atoms with Gasteiger partial charge in [0.25, 0.3) is 0 Å². The lowest BCUT2D eigenvalue weighted by Crippen LogP contribution is -2.10. The molecule has 0 aliphatic rings. The van der Waals surface area contributed by atoms with Crippen LogP contribution in [-0.2, 0) is 5.41 Å². The van der Waals surface area contributed by atoms with Gasteiger partial charge in [0.05, 0.1) is 17.4 Å². The number of pyridine rings is 1. The van der Waals surface area contributed by atoms with Gasteiger partial charge in [-0.05, 0) is 23.1 Å². The first-order valence-electron chi connectivity index (χ1n) is 6.54. The van der Waals surface area contributed by atoms with E-state index in [2.05, 4.69) is 25.8 Å². The van der Waals surface area contributed by atoms with Crippen LogP contribution in [0.5, 0.6) is 11.6 Å². The van der Waals surface area contributed by atoms with Gasteiger partial charge in [0.2, 0.25) is 5.88 Å². The van der Waals surface area contributed by atoms with Crippen LogP contribution in [0.3, 0.4) is 0 Å². The average Bonchev–Trinajstić information content (AvgIpc) is 2.40. The number of rotatable bonds is 3. The van der Waals surface area contributed by atoms with Crippen molar-refractivity contribution in [1.29, 1.82) is 0 Å². The highest BCUT2D eigenvalue weighted by atomic mass is 16.5. The third-order valence-corrected chi connectivity index (χ3v) is 3.06. The summed E-state index contributed by atoms with van der Waals surface area (Å²) in [7, 11) is 0. The van der Waals surface area contributed by atoms with Crippen molar-refractivity contribution in [3.05, 3.63) is 47.7 Å². The van der Waals surface area contributed by atoms with Crippen molar-refractivity contribution in [3.63, 3.8) is 0 Å². The maximum absolute atomic E-state index is 11.0. The molecule has 110 valence electrons. The molecule has 0 saturated carbocycles. The molecule has 5 heteroatoms. The summed E-state index contributed by atoms with van der Waals surface area (Å²) in [6.07, 6.45) is 1.28. The van der Waals surface area contributed by atoms with E-state index in [1.54, 1.807) is 6.07 Å². The zero-order valence-corrected chi connectivity index (χ0v) is 12.3. The van der Waals surface area contributed by atoms with Crippen molar-refractivity contribution < 1.29 is 14.6 Å². The van der Waals surface area contributed by atoms with Gasteiger partial charge < -0.3 is 15.6 Å². The van der Waals surface area contributed by atoms with Crippen LogP contribution in [0.1, 0.15) is 36.7 Å². The summed E-state index contributed by atoms with van der Waals surface area (Å²) in [6.45, 7) is 6.32. The van der Waals surface area contributed by atoms with E-state index >= 15 is 0 Å². The van der Waals surface area contributed by atoms with E-state index in [9.17, 15) is 4.79 Å². The fraction of sp³-hybridized carbons (Fsp3) is 0.250. The highest BCUT2D eigenvalue weighted by molar-refractivity contribution is 5.93. The van der Waals surface area contributed by atoms with E-state index in [0.29, 0.717) is 5.75 Å². The largest absolute Gasteiger partial charge is 0.478 e. The highest BCUT2D eigenvalue weighted by Gasteiger charge is 2.15. The lowest BCUT2D eigenvalue weighted by Gasteiger charge is -2.19. The summed E-state index contributed by atoms with van der Waals surface area (Å²) < 4.78 is 5.63. The molecule has 3 N–H and O–H groups in total. The lowest BCUT2D eigenvalue weighted by molar-refractivity contribution is 0.0697. The highest BCUT2D eigenvalue weighted by Crippen LogP contribution is 2.28. The Kier molecular flexibility index (Phi) is 3.84. The minimum absolute atomic E-state index is 0.000138. The maximum Gasteiger partial charge on any atom is 0.338 e. The third-order valence-electron chi connectivity index (χ3n) is 3.06. The number of nitrogens with zero attached hydrogens (tertiary/aromatic N) is 1. The Balaban J connectivity index is 2.31. The molecule has 1 aromatic carbocycles. The molecule has 5 nitrogen and oxygen atoms in total. The molecule has 2 aromatic rings. The first-order valence-corrected chi connectivity index (χ1v) is 6.54. The van der Waals surface area contributed by atoms with Gasteiger partial charge in [-0.25, -0.2) is 9.78 Å². The van der Waals surface area contributed by atoms with Gasteiger partial charge >= 0.3 is 5.97 Å². The normalized spacial score (nSPS) is 11.2. The Morgan fingerprint density at radius 1 is 1.29 bits per heavy atom. The number of hydrogen-bond donors (Lipinski definition) is 2. The molecule has 1 aromatic heterocycles. The Morgan fingerprint density at radius 2 is 2.00 bits per heavy atom. The number of carboxylic acid groups (broad SMARTS) is 1. The molecule has 0 spiro atoms. The Hall–Kier alpha value is -2.56. The predicted octanol–water partition coefficient (Wildman–Crippen LogP) is 3.45. The smallest absolute Gasteiger partial charge is 0.338 e. The van der Waals surface area contributed by atoms with Crippen LogP contribution in [0.4, 0.5) is 5.69 Å². The zero-order valence-electron chi connectivity index (χ0n) is 12.3. The van der Waals surface area contributed by atoms with E-state index in [0.717, 1.165) is 5.56 Å². The van der Waals surface area contributed by atoms with Crippen molar-refractivity contribution >= 4 is 11.7 Å². The Morgan fingerprint density at radius 3 is 2.62 bits per heavy atom. The van der Waals surface area contributed by atoms with Crippen LogP contribution in [0.15, 0.2) is 36.5 Å². The van der Waals surface area contributed by atoms with E-state index in [1.165, 1.54) is 12.3 Å². The molecule has 0 unspecified atom stereocenters. The average molecular weight is 286 g/mol. The molecule has 0 radical (unpaired) electrons. The number of hydrogen-bond acceptors (Lipinski definition) is 4. The summed E-state index contributed by atoms with van der Waals surface area (Å²) in [5.41, 5.74) is 6.77. The van der Waals surface area contributed by atoms with Crippen LogP contribution < -0.4 is 10.5 Å². The minimum atomic E-state index is -1.11. The molecule has 0 fully saturated rings. The molecule has 0 bridgehead atoms. The van der Waals surface area contributed by atoms with Crippen molar-refractivity contribution in [2.24, 2.45) is 0 Å². The molecule has 21 heavy (non-hydrogen) atoms. The summed E-state index contributed by atoms with van der Waals surface area (Å²) in [4.78, 5) is 15.0. The van der Waals surface area contributed by atoms with Crippen LogP contribution in [0, 0.1) is 0 Å². The monoisotopic (exact) mass is 286 g/mol. The molecule has 2 rings (SSSR count). The number of aromatic nitrogens is 1.